The fourth-order valence-corrected chi connectivity index (χ4v) is 3.08. The average Bonchev–Trinajstić information content (AvgIpc) is 3.06. The molecule has 1 N–H and O–H groups in total. The number of hydrogen-bond donors (Lipinski definition) is 1. The maximum atomic E-state index is 12.3. The van der Waals surface area contributed by atoms with Crippen molar-refractivity contribution in [3.8, 4) is 0 Å². The molecule has 3 rings (SSSR count). The molecule has 120 valence electrons. The van der Waals surface area contributed by atoms with Crippen molar-refractivity contribution < 1.29 is 4.79 Å². The number of anilines is 1. The van der Waals surface area contributed by atoms with Crippen LogP contribution in [0.4, 0.5) is 5.82 Å². The molecule has 0 radical (unpaired) electrons. The molecule has 0 unspecified atom stereocenters. The zero-order valence-corrected chi connectivity index (χ0v) is 13.8. The Hall–Kier alpha value is -2.36. The van der Waals surface area contributed by atoms with Gasteiger partial charge >= 0.3 is 0 Å². The van der Waals surface area contributed by atoms with Gasteiger partial charge < -0.3 is 10.2 Å². The Morgan fingerprint density at radius 3 is 2.52 bits per heavy atom. The first-order valence-electron chi connectivity index (χ1n) is 8.18. The van der Waals surface area contributed by atoms with E-state index < -0.39 is 0 Å². The van der Waals surface area contributed by atoms with Crippen molar-refractivity contribution in [3.63, 3.8) is 0 Å². The molecule has 0 atom stereocenters. The molecule has 0 aliphatic carbocycles. The zero-order valence-electron chi connectivity index (χ0n) is 13.8. The van der Waals surface area contributed by atoms with Crippen molar-refractivity contribution >= 4 is 11.7 Å². The summed E-state index contributed by atoms with van der Waals surface area (Å²) in [5.74, 6) is 0.983. The van der Waals surface area contributed by atoms with Crippen LogP contribution >= 0.6 is 0 Å². The number of aryl methyl sites for hydroxylation is 2. The highest BCUT2D eigenvalue weighted by molar-refractivity contribution is 5.94. The van der Waals surface area contributed by atoms with Crippen LogP contribution in [0.15, 0.2) is 36.5 Å². The topological polar surface area (TPSA) is 45.2 Å². The Bertz CT molecular complexity index is 685. The molecule has 2 heterocycles. The van der Waals surface area contributed by atoms with Gasteiger partial charge in [0.05, 0.1) is 0 Å². The second-order valence-corrected chi connectivity index (χ2v) is 6.28. The Morgan fingerprint density at radius 1 is 1.13 bits per heavy atom. The minimum absolute atomic E-state index is 0.0312. The van der Waals surface area contributed by atoms with Gasteiger partial charge in [0.2, 0.25) is 0 Å². The van der Waals surface area contributed by atoms with Crippen molar-refractivity contribution in [2.45, 2.75) is 33.2 Å². The maximum Gasteiger partial charge on any atom is 0.251 e. The number of carbonyl (C=O) groups is 1. The molecule has 1 aromatic heterocycles. The summed E-state index contributed by atoms with van der Waals surface area (Å²) in [7, 11) is 0. The molecule has 2 aromatic rings. The van der Waals surface area contributed by atoms with Crippen LogP contribution in [-0.2, 0) is 6.54 Å². The van der Waals surface area contributed by atoms with Crippen molar-refractivity contribution in [1.29, 1.82) is 0 Å². The van der Waals surface area contributed by atoms with Gasteiger partial charge in [0.15, 0.2) is 0 Å². The minimum Gasteiger partial charge on any atom is -0.357 e. The first-order chi connectivity index (χ1) is 11.1. The Kier molecular flexibility index (Phi) is 4.60. The largest absolute Gasteiger partial charge is 0.357 e. The predicted octanol–water partition coefficient (Wildman–Crippen LogP) is 3.23. The summed E-state index contributed by atoms with van der Waals surface area (Å²) in [6, 6.07) is 9.95. The fraction of sp³-hybridized carbons (Fsp3) is 0.368. The van der Waals surface area contributed by atoms with E-state index in [1.54, 1.807) is 0 Å². The molecular formula is C19H23N3O. The number of pyridine rings is 1. The number of rotatable bonds is 4. The highest BCUT2D eigenvalue weighted by atomic mass is 16.1. The van der Waals surface area contributed by atoms with E-state index >= 15 is 0 Å². The molecule has 4 nitrogen and oxygen atoms in total. The van der Waals surface area contributed by atoms with Gasteiger partial charge in [-0.05, 0) is 56.5 Å². The molecule has 0 saturated carbocycles. The zero-order chi connectivity index (χ0) is 16.2. The van der Waals surface area contributed by atoms with Crippen LogP contribution in [0.1, 0.15) is 39.9 Å². The second kappa shape index (κ2) is 6.82. The quantitative estimate of drug-likeness (QED) is 0.943. The number of nitrogens with zero attached hydrogens (tertiary/aromatic N) is 2. The number of amides is 1. The van der Waals surface area contributed by atoms with Gasteiger partial charge in [0, 0.05) is 31.4 Å². The number of carbonyl (C=O) groups excluding carboxylic acids is 1. The third-order valence-corrected chi connectivity index (χ3v) is 4.18. The third kappa shape index (κ3) is 3.89. The molecule has 1 aliphatic heterocycles. The van der Waals surface area contributed by atoms with Crippen LogP contribution in [0.3, 0.4) is 0 Å². The summed E-state index contributed by atoms with van der Waals surface area (Å²) in [5.41, 5.74) is 4.02. The van der Waals surface area contributed by atoms with E-state index in [4.69, 9.17) is 0 Å². The standard InChI is InChI=1S/C19H23N3O/c1-14-9-15(2)11-17(10-14)19(23)21-13-16-5-6-20-18(12-16)22-7-3-4-8-22/h5-6,9-12H,3-4,7-8,13H2,1-2H3,(H,21,23). The van der Waals surface area contributed by atoms with E-state index in [-0.39, 0.29) is 5.91 Å². The minimum atomic E-state index is -0.0312. The van der Waals surface area contributed by atoms with Crippen molar-refractivity contribution in [2.75, 3.05) is 18.0 Å². The Balaban J connectivity index is 1.65. The lowest BCUT2D eigenvalue weighted by molar-refractivity contribution is 0.0950. The van der Waals surface area contributed by atoms with Gasteiger partial charge in [0.25, 0.3) is 5.91 Å². The summed E-state index contributed by atoms with van der Waals surface area (Å²) in [6.07, 6.45) is 4.29. The van der Waals surface area contributed by atoms with Crippen LogP contribution in [0.2, 0.25) is 0 Å². The average molecular weight is 309 g/mol. The number of benzene rings is 1. The smallest absolute Gasteiger partial charge is 0.251 e. The van der Waals surface area contributed by atoms with Gasteiger partial charge in [0.1, 0.15) is 5.82 Å². The first-order valence-corrected chi connectivity index (χ1v) is 8.18. The van der Waals surface area contributed by atoms with Crippen LogP contribution in [0, 0.1) is 13.8 Å². The van der Waals surface area contributed by atoms with Crippen molar-refractivity contribution in [1.82, 2.24) is 10.3 Å². The molecule has 1 aromatic carbocycles. The second-order valence-electron chi connectivity index (χ2n) is 6.28. The molecular weight excluding hydrogens is 286 g/mol. The third-order valence-electron chi connectivity index (χ3n) is 4.18. The maximum absolute atomic E-state index is 12.3. The molecule has 1 fully saturated rings. The van der Waals surface area contributed by atoms with E-state index in [1.807, 2.05) is 38.2 Å². The fourth-order valence-electron chi connectivity index (χ4n) is 3.08. The summed E-state index contributed by atoms with van der Waals surface area (Å²) in [6.45, 7) is 6.69. The normalized spacial score (nSPS) is 14.1. The van der Waals surface area contributed by atoms with Crippen LogP contribution in [-0.4, -0.2) is 24.0 Å². The predicted molar refractivity (Wildman–Crippen MR) is 92.8 cm³/mol. The van der Waals surface area contributed by atoms with E-state index in [9.17, 15) is 4.79 Å². The SMILES string of the molecule is Cc1cc(C)cc(C(=O)NCc2ccnc(N3CCCC3)c2)c1. The monoisotopic (exact) mass is 309 g/mol. The summed E-state index contributed by atoms with van der Waals surface area (Å²) in [4.78, 5) is 19.1. The Labute approximate surface area is 137 Å². The van der Waals surface area contributed by atoms with E-state index in [0.29, 0.717) is 6.54 Å². The van der Waals surface area contributed by atoms with Gasteiger partial charge in [-0.1, -0.05) is 17.2 Å². The lowest BCUT2D eigenvalue weighted by Gasteiger charge is -2.17. The lowest BCUT2D eigenvalue weighted by Crippen LogP contribution is -2.24. The van der Waals surface area contributed by atoms with Crippen molar-refractivity contribution in [2.24, 2.45) is 0 Å². The van der Waals surface area contributed by atoms with Crippen LogP contribution < -0.4 is 10.2 Å². The molecule has 4 heteroatoms. The summed E-state index contributed by atoms with van der Waals surface area (Å²) >= 11 is 0. The Morgan fingerprint density at radius 2 is 1.83 bits per heavy atom. The van der Waals surface area contributed by atoms with E-state index in [0.717, 1.165) is 41.2 Å². The van der Waals surface area contributed by atoms with Crippen LogP contribution in [0.5, 0.6) is 0 Å². The molecule has 1 saturated heterocycles. The number of hydrogen-bond acceptors (Lipinski definition) is 3. The van der Waals surface area contributed by atoms with Gasteiger partial charge in [-0.25, -0.2) is 4.98 Å². The number of aromatic nitrogens is 1. The summed E-state index contributed by atoms with van der Waals surface area (Å²) in [5, 5.41) is 3.00. The molecule has 23 heavy (non-hydrogen) atoms. The molecule has 1 amide bonds. The van der Waals surface area contributed by atoms with Gasteiger partial charge in [-0.2, -0.15) is 0 Å². The number of nitrogens with one attached hydrogen (secondary N) is 1. The first kappa shape index (κ1) is 15.5. The van der Waals surface area contributed by atoms with Gasteiger partial charge in [-0.3, -0.25) is 4.79 Å². The summed E-state index contributed by atoms with van der Waals surface area (Å²) < 4.78 is 0. The van der Waals surface area contributed by atoms with Gasteiger partial charge in [-0.15, -0.1) is 0 Å². The highest BCUT2D eigenvalue weighted by Crippen LogP contribution is 2.18. The highest BCUT2D eigenvalue weighted by Gasteiger charge is 2.14. The van der Waals surface area contributed by atoms with E-state index in [1.165, 1.54) is 12.8 Å². The lowest BCUT2D eigenvalue weighted by atomic mass is 10.1. The molecule has 0 spiro atoms. The molecule has 1 aliphatic rings. The van der Waals surface area contributed by atoms with E-state index in [2.05, 4.69) is 27.3 Å². The van der Waals surface area contributed by atoms with Crippen LogP contribution in [0.25, 0.3) is 0 Å². The molecule has 0 bridgehead atoms. The van der Waals surface area contributed by atoms with Crippen molar-refractivity contribution in [3.05, 3.63) is 58.8 Å².